The minimum absolute atomic E-state index is 0.0532. The number of Topliss-reactive ketones (excluding diaryl/α,β-unsaturated/α-hetero) is 1. The second kappa shape index (κ2) is 9.80. The van der Waals surface area contributed by atoms with E-state index in [9.17, 15) is 18.4 Å². The highest BCUT2D eigenvalue weighted by Crippen LogP contribution is 2.22. The zero-order chi connectivity index (χ0) is 21.7. The summed E-state index contributed by atoms with van der Waals surface area (Å²) in [5.41, 5.74) is 1.81. The number of anilines is 1. The molecule has 1 atom stereocenters. The highest BCUT2D eigenvalue weighted by molar-refractivity contribution is 5.94. The molecule has 1 aliphatic heterocycles. The first-order valence-corrected chi connectivity index (χ1v) is 10.2. The van der Waals surface area contributed by atoms with Gasteiger partial charge in [0.2, 0.25) is 5.91 Å². The van der Waals surface area contributed by atoms with Crippen LogP contribution in [0.4, 0.5) is 14.5 Å². The number of benzene rings is 2. The molecule has 1 saturated heterocycles. The van der Waals surface area contributed by atoms with Crippen LogP contribution >= 0.6 is 0 Å². The molecule has 0 radical (unpaired) electrons. The zero-order valence-corrected chi connectivity index (χ0v) is 17.3. The van der Waals surface area contributed by atoms with Crippen LogP contribution in [0, 0.1) is 11.6 Å². The maximum atomic E-state index is 14.4. The van der Waals surface area contributed by atoms with Crippen LogP contribution in [0.25, 0.3) is 0 Å². The second-order valence-corrected chi connectivity index (χ2v) is 7.59. The topological polar surface area (TPSA) is 52.7 Å². The van der Waals surface area contributed by atoms with Crippen LogP contribution in [0.2, 0.25) is 0 Å². The molecular weight excluding hydrogens is 388 g/mol. The largest absolute Gasteiger partial charge is 0.367 e. The van der Waals surface area contributed by atoms with Crippen LogP contribution < -0.4 is 10.2 Å². The Morgan fingerprint density at radius 3 is 2.30 bits per heavy atom. The molecule has 160 valence electrons. The lowest BCUT2D eigenvalue weighted by Crippen LogP contribution is -2.54. The number of rotatable bonds is 7. The lowest BCUT2D eigenvalue weighted by Gasteiger charge is -2.38. The summed E-state index contributed by atoms with van der Waals surface area (Å²) in [6.45, 7) is 6.25. The number of halogens is 2. The molecule has 0 unspecified atom stereocenters. The van der Waals surface area contributed by atoms with Crippen molar-refractivity contribution in [1.29, 1.82) is 0 Å². The molecule has 30 heavy (non-hydrogen) atoms. The van der Waals surface area contributed by atoms with Gasteiger partial charge < -0.3 is 10.2 Å². The summed E-state index contributed by atoms with van der Waals surface area (Å²) in [5.74, 6) is -0.889. The maximum Gasteiger partial charge on any atom is 0.237 e. The van der Waals surface area contributed by atoms with Gasteiger partial charge in [-0.1, -0.05) is 12.1 Å². The Hall–Kier alpha value is -2.80. The van der Waals surface area contributed by atoms with Gasteiger partial charge in [-0.15, -0.1) is 0 Å². The Morgan fingerprint density at radius 1 is 1.03 bits per heavy atom. The molecule has 1 amide bonds. The molecule has 0 aliphatic carbocycles. The fourth-order valence-electron chi connectivity index (χ4n) is 3.63. The first-order valence-electron chi connectivity index (χ1n) is 10.2. The third kappa shape index (κ3) is 5.42. The number of hydrogen-bond donors (Lipinski definition) is 1. The highest BCUT2D eigenvalue weighted by Gasteiger charge is 2.26. The van der Waals surface area contributed by atoms with Crippen LogP contribution in [0.15, 0.2) is 42.5 Å². The van der Waals surface area contributed by atoms with Gasteiger partial charge in [0.25, 0.3) is 0 Å². The Morgan fingerprint density at radius 2 is 1.70 bits per heavy atom. The third-order valence-corrected chi connectivity index (χ3v) is 5.56. The average Bonchev–Trinajstić information content (AvgIpc) is 2.74. The Bertz CT molecular complexity index is 894. The van der Waals surface area contributed by atoms with Crippen molar-refractivity contribution < 1.29 is 18.4 Å². The fraction of sp³-hybridized carbons (Fsp3) is 0.391. The quantitative estimate of drug-likeness (QED) is 0.707. The van der Waals surface area contributed by atoms with Gasteiger partial charge in [-0.05, 0) is 56.2 Å². The summed E-state index contributed by atoms with van der Waals surface area (Å²) < 4.78 is 27.3. The van der Waals surface area contributed by atoms with Gasteiger partial charge in [0.05, 0.1) is 11.7 Å². The normalized spacial score (nSPS) is 15.7. The summed E-state index contributed by atoms with van der Waals surface area (Å²) in [4.78, 5) is 27.9. The van der Waals surface area contributed by atoms with E-state index in [0.717, 1.165) is 5.56 Å². The summed E-state index contributed by atoms with van der Waals surface area (Å²) >= 11 is 0. The van der Waals surface area contributed by atoms with Gasteiger partial charge in [0.1, 0.15) is 11.6 Å². The maximum absolute atomic E-state index is 14.4. The molecule has 2 aromatic rings. The molecule has 1 aliphatic rings. The van der Waals surface area contributed by atoms with Crippen molar-refractivity contribution in [2.75, 3.05) is 37.6 Å². The van der Waals surface area contributed by atoms with Crippen molar-refractivity contribution in [3.05, 3.63) is 65.2 Å². The van der Waals surface area contributed by atoms with E-state index in [1.54, 1.807) is 24.3 Å². The van der Waals surface area contributed by atoms with Crippen molar-refractivity contribution >= 4 is 17.4 Å². The minimum atomic E-state index is -0.400. The third-order valence-electron chi connectivity index (χ3n) is 5.56. The molecule has 0 aromatic heterocycles. The van der Waals surface area contributed by atoms with E-state index in [1.807, 2.05) is 11.8 Å². The van der Waals surface area contributed by atoms with Gasteiger partial charge in [-0.2, -0.15) is 0 Å². The fourth-order valence-corrected chi connectivity index (χ4v) is 3.63. The van der Waals surface area contributed by atoms with E-state index in [-0.39, 0.29) is 23.5 Å². The van der Waals surface area contributed by atoms with Gasteiger partial charge in [-0.25, -0.2) is 8.78 Å². The summed E-state index contributed by atoms with van der Waals surface area (Å²) in [5, 5.41) is 2.93. The second-order valence-electron chi connectivity index (χ2n) is 7.59. The van der Waals surface area contributed by atoms with Crippen molar-refractivity contribution in [3.8, 4) is 0 Å². The van der Waals surface area contributed by atoms with Gasteiger partial charge in [0.15, 0.2) is 5.78 Å². The standard InChI is InChI=1S/C23H27F2N3O2/c1-16(23(30)26-10-9-18-3-6-20(24)7-4-18)27-11-13-28(14-12-27)22-8-5-19(17(2)29)15-21(22)25/h3-8,15-16H,9-14H2,1-2H3,(H,26,30)/t16-/m1/s1. The Labute approximate surface area is 175 Å². The van der Waals surface area contributed by atoms with Crippen molar-refractivity contribution in [2.45, 2.75) is 26.3 Å². The number of carbonyl (C=O) groups excluding carboxylic acids is 2. The van der Waals surface area contributed by atoms with Crippen LogP contribution in [-0.4, -0.2) is 55.4 Å². The van der Waals surface area contributed by atoms with Crippen molar-refractivity contribution in [1.82, 2.24) is 10.2 Å². The Balaban J connectivity index is 1.47. The molecule has 5 nitrogen and oxygen atoms in total. The number of carbonyl (C=O) groups is 2. The minimum Gasteiger partial charge on any atom is -0.367 e. The molecule has 1 fully saturated rings. The van der Waals surface area contributed by atoms with Crippen molar-refractivity contribution in [2.24, 2.45) is 0 Å². The van der Waals surface area contributed by atoms with E-state index in [1.165, 1.54) is 25.1 Å². The predicted molar refractivity (Wildman–Crippen MR) is 113 cm³/mol. The molecular formula is C23H27F2N3O2. The van der Waals surface area contributed by atoms with E-state index in [0.29, 0.717) is 50.4 Å². The molecule has 0 saturated carbocycles. The Kier molecular flexibility index (Phi) is 7.15. The van der Waals surface area contributed by atoms with Gasteiger partial charge >= 0.3 is 0 Å². The predicted octanol–water partition coefficient (Wildman–Crippen LogP) is 3.04. The number of piperazine rings is 1. The number of hydrogen-bond acceptors (Lipinski definition) is 4. The van der Waals surface area contributed by atoms with Gasteiger partial charge in [-0.3, -0.25) is 14.5 Å². The summed E-state index contributed by atoms with van der Waals surface area (Å²) in [6, 6.07) is 10.5. The lowest BCUT2D eigenvalue weighted by atomic mass is 10.1. The molecule has 1 N–H and O–H groups in total. The van der Waals surface area contributed by atoms with Crippen LogP contribution in [0.1, 0.15) is 29.8 Å². The summed E-state index contributed by atoms with van der Waals surface area (Å²) in [7, 11) is 0. The summed E-state index contributed by atoms with van der Waals surface area (Å²) in [6.07, 6.45) is 0.641. The zero-order valence-electron chi connectivity index (χ0n) is 17.3. The smallest absolute Gasteiger partial charge is 0.237 e. The van der Waals surface area contributed by atoms with Crippen LogP contribution in [0.3, 0.4) is 0 Å². The van der Waals surface area contributed by atoms with Gasteiger partial charge in [0, 0.05) is 38.3 Å². The molecule has 0 spiro atoms. The molecule has 1 heterocycles. The van der Waals surface area contributed by atoms with Crippen LogP contribution in [-0.2, 0) is 11.2 Å². The van der Waals surface area contributed by atoms with E-state index in [4.69, 9.17) is 0 Å². The molecule has 0 bridgehead atoms. The SMILES string of the molecule is CC(=O)c1ccc(N2CCN([C@H](C)C(=O)NCCc3ccc(F)cc3)CC2)c(F)c1. The van der Waals surface area contributed by atoms with E-state index in [2.05, 4.69) is 10.2 Å². The van der Waals surface area contributed by atoms with Crippen LogP contribution in [0.5, 0.6) is 0 Å². The average molecular weight is 415 g/mol. The molecule has 2 aromatic carbocycles. The monoisotopic (exact) mass is 415 g/mol. The number of ketones is 1. The van der Waals surface area contributed by atoms with Crippen molar-refractivity contribution in [3.63, 3.8) is 0 Å². The van der Waals surface area contributed by atoms with E-state index < -0.39 is 5.82 Å². The van der Waals surface area contributed by atoms with E-state index >= 15 is 0 Å². The first kappa shape index (κ1) is 21.9. The molecule has 7 heteroatoms. The lowest BCUT2D eigenvalue weighted by molar-refractivity contribution is -0.126. The highest BCUT2D eigenvalue weighted by atomic mass is 19.1. The molecule has 3 rings (SSSR count). The number of nitrogens with one attached hydrogen (secondary N) is 1. The first-order chi connectivity index (χ1) is 14.3. The number of amides is 1. The number of nitrogens with zero attached hydrogens (tertiary/aromatic N) is 2.